The molecule has 0 saturated carbocycles. The molecular formula is C28H29F. The van der Waals surface area contributed by atoms with E-state index in [-0.39, 0.29) is 11.7 Å². The highest BCUT2D eigenvalue weighted by atomic mass is 19.1. The zero-order valence-electron chi connectivity index (χ0n) is 17.3. The molecule has 0 radical (unpaired) electrons. The van der Waals surface area contributed by atoms with Crippen molar-refractivity contribution in [1.29, 1.82) is 0 Å². The van der Waals surface area contributed by atoms with Gasteiger partial charge < -0.3 is 0 Å². The monoisotopic (exact) mass is 384 g/mol. The van der Waals surface area contributed by atoms with Gasteiger partial charge in [-0.3, -0.25) is 0 Å². The maximum absolute atomic E-state index is 13.2. The minimum atomic E-state index is -0.209. The number of aryl methyl sites for hydroxylation is 1. The van der Waals surface area contributed by atoms with Gasteiger partial charge in [0.15, 0.2) is 0 Å². The Morgan fingerprint density at radius 2 is 1.76 bits per heavy atom. The summed E-state index contributed by atoms with van der Waals surface area (Å²) in [5.41, 5.74) is 3.78. The van der Waals surface area contributed by atoms with Gasteiger partial charge >= 0.3 is 0 Å². The molecule has 0 bridgehead atoms. The van der Waals surface area contributed by atoms with E-state index in [4.69, 9.17) is 0 Å². The second kappa shape index (κ2) is 9.27. The summed E-state index contributed by atoms with van der Waals surface area (Å²) in [5, 5.41) is 2.70. The Balaban J connectivity index is 1.68. The third kappa shape index (κ3) is 4.54. The third-order valence-electron chi connectivity index (χ3n) is 6.29. The lowest BCUT2D eigenvalue weighted by molar-refractivity contribution is 0.381. The lowest BCUT2D eigenvalue weighted by atomic mass is 9.72. The Hall–Kier alpha value is -2.59. The van der Waals surface area contributed by atoms with Crippen molar-refractivity contribution in [3.8, 4) is 11.8 Å². The summed E-state index contributed by atoms with van der Waals surface area (Å²) >= 11 is 0. The normalized spacial score (nSPS) is 18.1. The Morgan fingerprint density at radius 3 is 2.59 bits per heavy atom. The fourth-order valence-corrected chi connectivity index (χ4v) is 4.71. The molecule has 1 heteroatoms. The first-order valence-corrected chi connectivity index (χ1v) is 11.0. The number of rotatable bonds is 5. The Morgan fingerprint density at radius 1 is 0.931 bits per heavy atom. The molecule has 0 amide bonds. The summed E-state index contributed by atoms with van der Waals surface area (Å²) in [7, 11) is 0. The van der Waals surface area contributed by atoms with Crippen LogP contribution in [-0.2, 0) is 6.42 Å². The lowest BCUT2D eigenvalue weighted by Crippen LogP contribution is -2.20. The molecule has 0 fully saturated rings. The smallest absolute Gasteiger partial charge is 0.123 e. The van der Waals surface area contributed by atoms with Crippen LogP contribution in [-0.4, -0.2) is 0 Å². The average Bonchev–Trinajstić information content (AvgIpc) is 2.76. The number of hydrogen-bond donors (Lipinski definition) is 0. The van der Waals surface area contributed by atoms with E-state index in [1.54, 1.807) is 12.1 Å². The molecule has 0 heterocycles. The van der Waals surface area contributed by atoms with Crippen LogP contribution in [0.3, 0.4) is 0 Å². The van der Waals surface area contributed by atoms with Gasteiger partial charge in [0.25, 0.3) is 0 Å². The van der Waals surface area contributed by atoms with E-state index in [1.807, 2.05) is 0 Å². The molecule has 2 atom stereocenters. The van der Waals surface area contributed by atoms with Crippen molar-refractivity contribution >= 4 is 10.8 Å². The van der Waals surface area contributed by atoms with E-state index in [2.05, 4.69) is 55.2 Å². The van der Waals surface area contributed by atoms with E-state index in [1.165, 1.54) is 72.6 Å². The van der Waals surface area contributed by atoms with Gasteiger partial charge in [0, 0.05) is 11.5 Å². The zero-order chi connectivity index (χ0) is 20.1. The highest BCUT2D eigenvalue weighted by Gasteiger charge is 2.29. The molecule has 3 aromatic rings. The van der Waals surface area contributed by atoms with Crippen molar-refractivity contribution in [3.63, 3.8) is 0 Å². The van der Waals surface area contributed by atoms with Crippen LogP contribution < -0.4 is 0 Å². The van der Waals surface area contributed by atoms with Crippen LogP contribution in [0.1, 0.15) is 68.1 Å². The fourth-order valence-electron chi connectivity index (χ4n) is 4.71. The Labute approximate surface area is 174 Å². The van der Waals surface area contributed by atoms with Crippen LogP contribution in [0.4, 0.5) is 4.39 Å². The number of halogens is 1. The predicted molar refractivity (Wildman–Crippen MR) is 121 cm³/mol. The standard InChI is InChI=1S/C28H29F/c1-2-3-4-5-8-23-15-19-27-25-10-7-6-9-22(25)14-20-28(27)26(23)18-13-21-11-16-24(29)17-12-21/h6-7,9-12,14,16-17,20,23,26H,2-5,8,15,19H2,1H3/t23-,26+/m1/s1. The zero-order valence-corrected chi connectivity index (χ0v) is 17.3. The summed E-state index contributed by atoms with van der Waals surface area (Å²) in [6, 6.07) is 19.8. The van der Waals surface area contributed by atoms with E-state index in [9.17, 15) is 4.39 Å². The molecule has 0 saturated heterocycles. The van der Waals surface area contributed by atoms with Crippen LogP contribution in [0.2, 0.25) is 0 Å². The lowest BCUT2D eigenvalue weighted by Gasteiger charge is -2.31. The molecular weight excluding hydrogens is 355 g/mol. The van der Waals surface area contributed by atoms with E-state index < -0.39 is 0 Å². The van der Waals surface area contributed by atoms with Crippen molar-refractivity contribution in [2.75, 3.05) is 0 Å². The van der Waals surface area contributed by atoms with Crippen LogP contribution in [0.25, 0.3) is 10.8 Å². The average molecular weight is 385 g/mol. The van der Waals surface area contributed by atoms with Crippen LogP contribution in [0, 0.1) is 23.6 Å². The first-order valence-electron chi connectivity index (χ1n) is 11.0. The van der Waals surface area contributed by atoms with Gasteiger partial charge in [0.2, 0.25) is 0 Å². The summed E-state index contributed by atoms with van der Waals surface area (Å²) in [4.78, 5) is 0. The molecule has 0 aromatic heterocycles. The minimum absolute atomic E-state index is 0.209. The highest BCUT2D eigenvalue weighted by Crippen LogP contribution is 2.41. The summed E-state index contributed by atoms with van der Waals surface area (Å²) in [6.07, 6.45) is 8.79. The summed E-state index contributed by atoms with van der Waals surface area (Å²) in [5.74, 6) is 7.60. The van der Waals surface area contributed by atoms with Gasteiger partial charge in [0.05, 0.1) is 0 Å². The van der Waals surface area contributed by atoms with Crippen molar-refractivity contribution in [1.82, 2.24) is 0 Å². The van der Waals surface area contributed by atoms with Crippen molar-refractivity contribution < 1.29 is 4.39 Å². The second-order valence-corrected chi connectivity index (χ2v) is 8.26. The number of fused-ring (bicyclic) bond motifs is 3. The van der Waals surface area contributed by atoms with Gasteiger partial charge in [-0.25, -0.2) is 4.39 Å². The minimum Gasteiger partial charge on any atom is -0.207 e. The maximum Gasteiger partial charge on any atom is 0.123 e. The third-order valence-corrected chi connectivity index (χ3v) is 6.29. The first kappa shape index (κ1) is 19.7. The van der Waals surface area contributed by atoms with Crippen molar-refractivity contribution in [2.24, 2.45) is 5.92 Å². The van der Waals surface area contributed by atoms with Crippen LogP contribution in [0.15, 0.2) is 60.7 Å². The molecule has 3 aromatic carbocycles. The Bertz CT molecular complexity index is 1020. The number of benzene rings is 3. The fraction of sp³-hybridized carbons (Fsp3) is 0.357. The number of hydrogen-bond acceptors (Lipinski definition) is 0. The predicted octanol–water partition coefficient (Wildman–Crippen LogP) is 7.65. The van der Waals surface area contributed by atoms with Gasteiger partial charge in [-0.05, 0) is 71.3 Å². The molecule has 0 nitrogen and oxygen atoms in total. The molecule has 4 rings (SSSR count). The van der Waals surface area contributed by atoms with Crippen molar-refractivity contribution in [3.05, 3.63) is 83.2 Å². The van der Waals surface area contributed by atoms with Gasteiger partial charge in [0.1, 0.15) is 5.82 Å². The molecule has 148 valence electrons. The molecule has 29 heavy (non-hydrogen) atoms. The first-order chi connectivity index (χ1) is 14.3. The van der Waals surface area contributed by atoms with Gasteiger partial charge in [-0.15, -0.1) is 0 Å². The molecule has 0 N–H and O–H groups in total. The second-order valence-electron chi connectivity index (χ2n) is 8.26. The molecule has 1 aliphatic rings. The van der Waals surface area contributed by atoms with Gasteiger partial charge in [-0.1, -0.05) is 80.8 Å². The largest absolute Gasteiger partial charge is 0.207 e. The molecule has 0 aliphatic heterocycles. The number of unbranched alkanes of at least 4 members (excludes halogenated alkanes) is 3. The van der Waals surface area contributed by atoms with Crippen molar-refractivity contribution in [2.45, 2.75) is 57.8 Å². The summed E-state index contributed by atoms with van der Waals surface area (Å²) < 4.78 is 13.2. The highest BCUT2D eigenvalue weighted by molar-refractivity contribution is 5.87. The van der Waals surface area contributed by atoms with Crippen LogP contribution in [0.5, 0.6) is 0 Å². The van der Waals surface area contributed by atoms with E-state index in [0.29, 0.717) is 5.92 Å². The van der Waals surface area contributed by atoms with E-state index in [0.717, 1.165) is 12.0 Å². The summed E-state index contributed by atoms with van der Waals surface area (Å²) in [6.45, 7) is 2.26. The van der Waals surface area contributed by atoms with Gasteiger partial charge in [-0.2, -0.15) is 0 Å². The molecule has 1 aliphatic carbocycles. The Kier molecular flexibility index (Phi) is 6.30. The van der Waals surface area contributed by atoms with E-state index >= 15 is 0 Å². The SMILES string of the molecule is CCCCCC[C@@H]1CCc2c(ccc3ccccc23)[C@H]1C#Cc1ccc(F)cc1. The van der Waals surface area contributed by atoms with Crippen LogP contribution >= 0.6 is 0 Å². The maximum atomic E-state index is 13.2. The topological polar surface area (TPSA) is 0 Å². The molecule has 0 unspecified atom stereocenters. The quantitative estimate of drug-likeness (QED) is 0.313. The molecule has 0 spiro atoms.